The van der Waals surface area contributed by atoms with Gasteiger partial charge in [0, 0.05) is 81.8 Å². The molecule has 0 saturated heterocycles. The van der Waals surface area contributed by atoms with E-state index >= 15 is 0 Å². The lowest BCUT2D eigenvalue weighted by molar-refractivity contribution is -0.114. The molecule has 4 fully saturated rings. The molecule has 0 atom stereocenters. The smallest absolute Gasteiger partial charge is 0.291 e. The molecule has 0 radical (unpaired) electrons. The van der Waals surface area contributed by atoms with Crippen LogP contribution >= 0.6 is 11.6 Å². The van der Waals surface area contributed by atoms with Gasteiger partial charge in [-0.25, -0.2) is 33.1 Å². The van der Waals surface area contributed by atoms with E-state index < -0.39 is 11.8 Å². The highest BCUT2D eigenvalue weighted by atomic mass is 35.5. The molecule has 5 N–H and O–H groups in total. The Hall–Kier alpha value is -15.1. The van der Waals surface area contributed by atoms with Gasteiger partial charge in [-0.05, 0) is 266 Å². The van der Waals surface area contributed by atoms with Crippen molar-refractivity contribution in [1.29, 1.82) is 0 Å². The van der Waals surface area contributed by atoms with E-state index in [0.717, 1.165) is 156 Å². The van der Waals surface area contributed by atoms with Gasteiger partial charge >= 0.3 is 0 Å². The number of aryl methyl sites for hydroxylation is 3. The second kappa shape index (κ2) is 40.9. The highest BCUT2D eigenvalue weighted by molar-refractivity contribution is 6.32. The Morgan fingerprint density at radius 3 is 0.895 bits per heavy atom. The number of ether oxygens (including phenoxy) is 1. The standard InChI is InChI=1S/C27H25FN4O3.C27H27N3O2.C26H23ClFN3O3.C26H24FN3O2/c1-17(33)30-20-10-12-21(13-11-20)31-27(34)24-15-14-23(35-24)26-25(18-6-8-19(28)9-7-18)29-16-32(26)22-4-2-3-5-22;1-18-7-11-20(12-8-18)25-26(30(17-28-25)22-5-3-4-6-22)23-15-16-24(32-23)27(31)29-21-13-9-19(2)10-14-21;1-33-21-11-10-18(14-20(21)27)30-26(32)23-13-12-22(34-23)25-24(16-6-8-17(28)9-7-16)29-15-31(25)19-4-2-3-5-19;1-17-5-4-6-20(15-17)29-26(31)23-14-13-22(32-23)25-24(18-9-11-19(27)12-10-18)28-16-30(25)21-7-2-3-8-21/h6-16,22H,2-5H2,1H3,(H,30,33)(H,31,34);7-17,22H,3-6H2,1-2H3,(H,29,31);6-15,19H,2-5H2,1H3,(H,30,32);4-6,9-16,21H,2-3,7-8H2,1H3,(H,29,31). The Kier molecular flexibility index (Phi) is 27.7. The first-order valence-electron chi connectivity index (χ1n) is 44.8. The van der Waals surface area contributed by atoms with Crippen LogP contribution in [0.2, 0.25) is 5.02 Å². The van der Waals surface area contributed by atoms with Gasteiger partial charge in [0.15, 0.2) is 46.1 Å². The van der Waals surface area contributed by atoms with Crippen LogP contribution in [0.3, 0.4) is 0 Å². The number of methoxy groups -OCH3 is 1. The molecule has 0 bridgehead atoms. The molecule has 133 heavy (non-hydrogen) atoms. The van der Waals surface area contributed by atoms with Crippen LogP contribution in [0.15, 0.2) is 280 Å². The molecule has 676 valence electrons. The monoisotopic (exact) mass is 1810 g/mol. The summed E-state index contributed by atoms with van der Waals surface area (Å²) in [6.07, 6.45) is 25.4. The minimum Gasteiger partial charge on any atom is -0.495 e. The third kappa shape index (κ3) is 21.2. The predicted molar refractivity (Wildman–Crippen MR) is 509 cm³/mol. The molecule has 8 heterocycles. The van der Waals surface area contributed by atoms with Gasteiger partial charge in [0.2, 0.25) is 5.91 Å². The van der Waals surface area contributed by atoms with E-state index in [1.165, 1.54) is 81.7 Å². The van der Waals surface area contributed by atoms with E-state index in [0.29, 0.717) is 86.4 Å². The van der Waals surface area contributed by atoms with Gasteiger partial charge in [-0.3, -0.25) is 24.0 Å². The number of imidazole rings is 4. The van der Waals surface area contributed by atoms with Crippen LogP contribution in [0, 0.1) is 38.2 Å². The van der Waals surface area contributed by atoms with Crippen molar-refractivity contribution in [2.24, 2.45) is 0 Å². The summed E-state index contributed by atoms with van der Waals surface area (Å²) >= 11 is 6.16. The summed E-state index contributed by atoms with van der Waals surface area (Å²) in [5, 5.41) is 14.5. The molecule has 4 aliphatic rings. The molecule has 0 aliphatic heterocycles. The number of halogens is 4. The Balaban J connectivity index is 0.000000124. The maximum absolute atomic E-state index is 13.5. The van der Waals surface area contributed by atoms with Gasteiger partial charge in [-0.1, -0.05) is 123 Å². The number of anilines is 5. The molecular formula is C106H99ClF3N13O10. The van der Waals surface area contributed by atoms with Crippen LogP contribution in [0.25, 0.3) is 90.8 Å². The van der Waals surface area contributed by atoms with Crippen molar-refractivity contribution >= 4 is 69.6 Å². The maximum atomic E-state index is 13.5. The SMILES string of the molecule is CC(=O)Nc1ccc(NC(=O)c2ccc(-c3c(-c4ccc(F)cc4)ncn3C3CCCC3)o2)cc1.COc1ccc(NC(=O)c2ccc(-c3c(-c4ccc(F)cc4)ncn3C3CCCC3)o2)cc1Cl.Cc1ccc(NC(=O)c2ccc(-c3c(-c4ccc(C)cc4)ncn3C3CCCC3)o2)cc1.Cc1cccc(NC(=O)c2ccc(-c3c(-c4ccc(F)cc4)ncn3C3CCCC3)o2)c1. The molecule has 4 saturated carbocycles. The van der Waals surface area contributed by atoms with Crippen molar-refractivity contribution in [3.63, 3.8) is 0 Å². The number of benzene rings is 8. The molecule has 16 aromatic rings. The number of hydrogen-bond acceptors (Lipinski definition) is 14. The first kappa shape index (κ1) is 89.9. The van der Waals surface area contributed by atoms with Crippen LogP contribution in [0.1, 0.15) is 193 Å². The summed E-state index contributed by atoms with van der Waals surface area (Å²) in [5.41, 5.74) is 16.3. The lowest BCUT2D eigenvalue weighted by Crippen LogP contribution is -2.11. The molecular weight excluding hydrogens is 1710 g/mol. The molecule has 4 aliphatic carbocycles. The summed E-state index contributed by atoms with van der Waals surface area (Å²) in [7, 11) is 1.53. The van der Waals surface area contributed by atoms with Crippen LogP contribution in [0.4, 0.5) is 41.6 Å². The number of carbonyl (C=O) groups is 5. The third-order valence-electron chi connectivity index (χ3n) is 24.4. The van der Waals surface area contributed by atoms with Crippen molar-refractivity contribution in [3.8, 4) is 96.6 Å². The Morgan fingerprint density at radius 2 is 0.602 bits per heavy atom. The number of rotatable bonds is 22. The lowest BCUT2D eigenvalue weighted by Gasteiger charge is -2.15. The van der Waals surface area contributed by atoms with Gasteiger partial charge in [0.1, 0.15) is 46.0 Å². The topological polar surface area (TPSA) is 279 Å². The predicted octanol–water partition coefficient (Wildman–Crippen LogP) is 26.7. The second-order valence-corrected chi connectivity index (χ2v) is 34.3. The zero-order chi connectivity index (χ0) is 92.2. The van der Waals surface area contributed by atoms with Crippen LogP contribution in [0.5, 0.6) is 5.75 Å². The number of nitrogens with one attached hydrogen (secondary N) is 5. The highest BCUT2D eigenvalue weighted by Gasteiger charge is 2.32. The van der Waals surface area contributed by atoms with E-state index in [1.807, 2.05) is 93.8 Å². The molecule has 27 heteroatoms. The van der Waals surface area contributed by atoms with Gasteiger partial charge < -0.3 is 67.3 Å². The van der Waals surface area contributed by atoms with Gasteiger partial charge in [-0.15, -0.1) is 0 Å². The van der Waals surface area contributed by atoms with Gasteiger partial charge in [0.05, 0.1) is 60.2 Å². The van der Waals surface area contributed by atoms with E-state index in [2.05, 4.69) is 91.0 Å². The van der Waals surface area contributed by atoms with E-state index in [4.69, 9.17) is 39.0 Å². The van der Waals surface area contributed by atoms with E-state index in [9.17, 15) is 37.1 Å². The second-order valence-electron chi connectivity index (χ2n) is 33.9. The fourth-order valence-electron chi connectivity index (χ4n) is 17.7. The third-order valence-corrected chi connectivity index (χ3v) is 24.7. The largest absolute Gasteiger partial charge is 0.495 e. The van der Waals surface area contributed by atoms with Crippen LogP contribution in [-0.4, -0.2) is 74.9 Å². The summed E-state index contributed by atoms with van der Waals surface area (Å²) in [4.78, 5) is 81.1. The number of hydrogen-bond donors (Lipinski definition) is 5. The minimum absolute atomic E-state index is 0.158. The zero-order valence-electron chi connectivity index (χ0n) is 74.1. The van der Waals surface area contributed by atoms with E-state index in [-0.39, 0.29) is 58.2 Å². The fraction of sp³-hybridized carbons (Fsp3) is 0.236. The van der Waals surface area contributed by atoms with Crippen molar-refractivity contribution in [1.82, 2.24) is 38.2 Å². The molecule has 0 spiro atoms. The zero-order valence-corrected chi connectivity index (χ0v) is 74.9. The molecule has 5 amide bonds. The maximum Gasteiger partial charge on any atom is 0.291 e. The quantitative estimate of drug-likeness (QED) is 0.0422. The fourth-order valence-corrected chi connectivity index (χ4v) is 18.0. The first-order chi connectivity index (χ1) is 64.7. The normalized spacial score (nSPS) is 13.9. The van der Waals surface area contributed by atoms with Crippen LogP contribution in [-0.2, 0) is 4.79 Å². The molecule has 23 nitrogen and oxygen atoms in total. The minimum atomic E-state index is -0.400. The molecule has 0 unspecified atom stereocenters. The van der Waals surface area contributed by atoms with E-state index in [1.54, 1.807) is 121 Å². The van der Waals surface area contributed by atoms with Crippen LogP contribution < -0.4 is 31.3 Å². The van der Waals surface area contributed by atoms with Crippen molar-refractivity contribution in [2.45, 2.75) is 155 Å². The Labute approximate surface area is 771 Å². The summed E-state index contributed by atoms with van der Waals surface area (Å²) in [6, 6.07) is 69.5. The van der Waals surface area contributed by atoms with Crippen molar-refractivity contribution < 1.29 is 59.5 Å². The number of furan rings is 4. The number of amides is 5. The summed E-state index contributed by atoms with van der Waals surface area (Å²) < 4.78 is 78.5. The lowest BCUT2D eigenvalue weighted by atomic mass is 10.1. The summed E-state index contributed by atoms with van der Waals surface area (Å²) in [5.74, 6) is 1.21. The molecule has 8 aromatic heterocycles. The molecule has 20 rings (SSSR count). The average molecular weight is 1810 g/mol. The number of nitrogens with zero attached hydrogens (tertiary/aromatic N) is 8. The average Bonchev–Trinajstić information content (AvgIpc) is 1.64. The van der Waals surface area contributed by atoms with Gasteiger partial charge in [-0.2, -0.15) is 0 Å². The van der Waals surface area contributed by atoms with Crippen molar-refractivity contribution in [3.05, 3.63) is 324 Å². The number of carbonyl (C=O) groups excluding carboxylic acids is 5. The summed E-state index contributed by atoms with van der Waals surface area (Å²) in [6.45, 7) is 7.50. The highest BCUT2D eigenvalue weighted by Crippen LogP contribution is 2.45. The first-order valence-corrected chi connectivity index (χ1v) is 45.2. The Morgan fingerprint density at radius 1 is 0.331 bits per heavy atom. The van der Waals surface area contributed by atoms with Crippen molar-refractivity contribution in [2.75, 3.05) is 33.7 Å². The molecule has 8 aromatic carbocycles. The Bertz CT molecular complexity index is 6780. The number of aromatic nitrogens is 8. The van der Waals surface area contributed by atoms with Gasteiger partial charge in [0.25, 0.3) is 23.6 Å².